The highest BCUT2D eigenvalue weighted by molar-refractivity contribution is 6.09. The average Bonchev–Trinajstić information content (AvgIpc) is 3.36. The number of aromatic nitrogens is 1. The van der Waals surface area contributed by atoms with Gasteiger partial charge in [-0.05, 0) is 82.5 Å². The Bertz CT molecular complexity index is 1920. The van der Waals surface area contributed by atoms with Crippen LogP contribution in [-0.4, -0.2) is 4.57 Å². The second kappa shape index (κ2) is 10.6. The molecule has 7 aromatic rings. The lowest BCUT2D eigenvalue weighted by Gasteiger charge is -2.17. The maximum Gasteiger partial charge on any atom is 0.0541 e. The Kier molecular flexibility index (Phi) is 6.49. The third-order valence-corrected chi connectivity index (χ3v) is 8.50. The van der Waals surface area contributed by atoms with Gasteiger partial charge in [-0.15, -0.1) is 0 Å². The molecule has 198 valence electrons. The molecule has 1 heteroatoms. The minimum Gasteiger partial charge on any atom is -0.309 e. The lowest BCUT2D eigenvalue weighted by atomic mass is 9.88. The molecule has 0 fully saturated rings. The Morgan fingerprint density at radius 3 is 1.66 bits per heavy atom. The van der Waals surface area contributed by atoms with Crippen molar-refractivity contribution in [3.8, 4) is 27.9 Å². The smallest absolute Gasteiger partial charge is 0.0541 e. The number of hydrogen-bond acceptors (Lipinski definition) is 0. The second-order valence-electron chi connectivity index (χ2n) is 11.1. The molecule has 0 aliphatic carbocycles. The molecular formula is C40H33N. The molecule has 41 heavy (non-hydrogen) atoms. The first-order valence-electron chi connectivity index (χ1n) is 14.5. The summed E-state index contributed by atoms with van der Waals surface area (Å²) in [5.74, 6) is 0.423. The molecule has 0 saturated carbocycles. The van der Waals surface area contributed by atoms with Gasteiger partial charge in [0.1, 0.15) is 0 Å². The van der Waals surface area contributed by atoms with E-state index in [1.54, 1.807) is 0 Å². The van der Waals surface area contributed by atoms with Crippen LogP contribution in [0.2, 0.25) is 0 Å². The maximum atomic E-state index is 2.37. The van der Waals surface area contributed by atoms with Gasteiger partial charge >= 0.3 is 0 Å². The summed E-state index contributed by atoms with van der Waals surface area (Å²) in [4.78, 5) is 0. The molecule has 1 nitrogen and oxygen atoms in total. The van der Waals surface area contributed by atoms with Crippen LogP contribution >= 0.6 is 0 Å². The topological polar surface area (TPSA) is 4.93 Å². The first-order valence-corrected chi connectivity index (χ1v) is 14.5. The summed E-state index contributed by atoms with van der Waals surface area (Å²) in [6.07, 6.45) is 1.01. The summed E-state index contributed by atoms with van der Waals surface area (Å²) in [7, 11) is 0. The number of fused-ring (bicyclic) bond motifs is 3. The fourth-order valence-electron chi connectivity index (χ4n) is 6.29. The minimum atomic E-state index is 0.423. The van der Waals surface area contributed by atoms with E-state index in [0.29, 0.717) is 5.92 Å². The molecule has 0 radical (unpaired) electrons. The second-order valence-corrected chi connectivity index (χ2v) is 11.1. The van der Waals surface area contributed by atoms with Crippen molar-refractivity contribution in [2.24, 2.45) is 0 Å². The van der Waals surface area contributed by atoms with E-state index in [1.165, 1.54) is 66.4 Å². The Hall–Kier alpha value is -4.88. The van der Waals surface area contributed by atoms with Gasteiger partial charge < -0.3 is 4.57 Å². The van der Waals surface area contributed by atoms with Gasteiger partial charge in [-0.3, -0.25) is 0 Å². The normalized spacial score (nSPS) is 12.1. The molecule has 0 N–H and O–H groups in total. The van der Waals surface area contributed by atoms with Gasteiger partial charge in [-0.25, -0.2) is 0 Å². The van der Waals surface area contributed by atoms with Gasteiger partial charge in [0, 0.05) is 16.5 Å². The van der Waals surface area contributed by atoms with E-state index in [9.17, 15) is 0 Å². The summed E-state index contributed by atoms with van der Waals surface area (Å²) in [6, 6.07) is 53.0. The lowest BCUT2D eigenvalue weighted by molar-refractivity contribution is 0.760. The molecular weight excluding hydrogens is 494 g/mol. The molecule has 6 aromatic carbocycles. The van der Waals surface area contributed by atoms with E-state index in [0.717, 1.165) is 6.42 Å². The molecule has 1 unspecified atom stereocenters. The predicted molar refractivity (Wildman–Crippen MR) is 175 cm³/mol. The molecule has 0 amide bonds. The largest absolute Gasteiger partial charge is 0.309 e. The molecule has 7 rings (SSSR count). The van der Waals surface area contributed by atoms with Crippen LogP contribution in [0.5, 0.6) is 0 Å². The standard InChI is InChI=1S/C40H33N/c1-28-11-3-5-13-35(28)36-14-6-4-12-33(36)27-29(2)30-19-21-31(22-20-30)32-23-25-34(26-24-32)41-39-17-9-7-15-37(39)38-16-8-10-18-40(38)41/h3-26,29H,27H2,1-2H3. The van der Waals surface area contributed by atoms with Crippen LogP contribution in [0, 0.1) is 6.92 Å². The highest BCUT2D eigenvalue weighted by Crippen LogP contribution is 2.34. The zero-order chi connectivity index (χ0) is 27.8. The molecule has 0 saturated heterocycles. The Morgan fingerprint density at radius 1 is 0.512 bits per heavy atom. The monoisotopic (exact) mass is 527 g/mol. The molecule has 1 aromatic heterocycles. The van der Waals surface area contributed by atoms with Crippen LogP contribution in [0.15, 0.2) is 146 Å². The quantitative estimate of drug-likeness (QED) is 0.203. The summed E-state index contributed by atoms with van der Waals surface area (Å²) < 4.78 is 2.37. The number of nitrogens with zero attached hydrogens (tertiary/aromatic N) is 1. The van der Waals surface area contributed by atoms with E-state index >= 15 is 0 Å². The highest BCUT2D eigenvalue weighted by atomic mass is 15.0. The zero-order valence-corrected chi connectivity index (χ0v) is 23.6. The van der Waals surface area contributed by atoms with Crippen molar-refractivity contribution in [3.05, 3.63) is 162 Å². The minimum absolute atomic E-state index is 0.423. The summed E-state index contributed by atoms with van der Waals surface area (Å²) in [6.45, 7) is 4.54. The number of para-hydroxylation sites is 2. The van der Waals surface area contributed by atoms with Gasteiger partial charge in [0.05, 0.1) is 11.0 Å². The molecule has 0 aliphatic heterocycles. The Balaban J connectivity index is 1.14. The fraction of sp³-hybridized carbons (Fsp3) is 0.100. The van der Waals surface area contributed by atoms with Gasteiger partial charge in [-0.2, -0.15) is 0 Å². The van der Waals surface area contributed by atoms with Crippen molar-refractivity contribution in [2.45, 2.75) is 26.2 Å². The third kappa shape index (κ3) is 4.64. The van der Waals surface area contributed by atoms with Gasteiger partial charge in [0.25, 0.3) is 0 Å². The zero-order valence-electron chi connectivity index (χ0n) is 23.6. The summed E-state index contributed by atoms with van der Waals surface area (Å²) >= 11 is 0. The van der Waals surface area contributed by atoms with Gasteiger partial charge in [-0.1, -0.05) is 128 Å². The molecule has 1 atom stereocenters. The van der Waals surface area contributed by atoms with E-state index in [2.05, 4.69) is 164 Å². The van der Waals surface area contributed by atoms with Crippen LogP contribution in [-0.2, 0) is 6.42 Å². The van der Waals surface area contributed by atoms with Crippen LogP contribution in [0.1, 0.15) is 29.5 Å². The number of hydrogen-bond donors (Lipinski definition) is 0. The lowest BCUT2D eigenvalue weighted by Crippen LogP contribution is -2.01. The van der Waals surface area contributed by atoms with E-state index < -0.39 is 0 Å². The molecule has 0 spiro atoms. The molecule has 0 bridgehead atoms. The Morgan fingerprint density at radius 2 is 1.02 bits per heavy atom. The average molecular weight is 528 g/mol. The summed E-state index contributed by atoms with van der Waals surface area (Å²) in [5, 5.41) is 2.58. The number of aryl methyl sites for hydroxylation is 1. The van der Waals surface area contributed by atoms with Gasteiger partial charge in [0.15, 0.2) is 0 Å². The number of benzene rings is 6. The van der Waals surface area contributed by atoms with E-state index in [4.69, 9.17) is 0 Å². The third-order valence-electron chi connectivity index (χ3n) is 8.50. The van der Waals surface area contributed by atoms with E-state index in [-0.39, 0.29) is 0 Å². The first kappa shape index (κ1) is 25.1. The van der Waals surface area contributed by atoms with E-state index in [1.807, 2.05) is 0 Å². The van der Waals surface area contributed by atoms with Crippen molar-refractivity contribution >= 4 is 21.8 Å². The van der Waals surface area contributed by atoms with Crippen molar-refractivity contribution in [1.82, 2.24) is 4.57 Å². The SMILES string of the molecule is Cc1ccccc1-c1ccccc1CC(C)c1ccc(-c2ccc(-n3c4ccccc4c4ccccc43)cc2)cc1. The molecule has 1 heterocycles. The van der Waals surface area contributed by atoms with Gasteiger partial charge in [0.2, 0.25) is 0 Å². The fourth-order valence-corrected chi connectivity index (χ4v) is 6.29. The van der Waals surface area contributed by atoms with Crippen LogP contribution in [0.25, 0.3) is 49.7 Å². The van der Waals surface area contributed by atoms with Crippen LogP contribution in [0.4, 0.5) is 0 Å². The maximum absolute atomic E-state index is 2.37. The molecule has 0 aliphatic rings. The van der Waals surface area contributed by atoms with Crippen LogP contribution < -0.4 is 0 Å². The first-order chi connectivity index (χ1) is 20.2. The van der Waals surface area contributed by atoms with Crippen molar-refractivity contribution in [3.63, 3.8) is 0 Å². The van der Waals surface area contributed by atoms with Crippen LogP contribution in [0.3, 0.4) is 0 Å². The summed E-state index contributed by atoms with van der Waals surface area (Å²) in [5.41, 5.74) is 12.9. The van der Waals surface area contributed by atoms with Crippen molar-refractivity contribution in [1.29, 1.82) is 0 Å². The van der Waals surface area contributed by atoms with Crippen molar-refractivity contribution in [2.75, 3.05) is 0 Å². The van der Waals surface area contributed by atoms with Crippen molar-refractivity contribution < 1.29 is 0 Å². The number of rotatable bonds is 6. The predicted octanol–water partition coefficient (Wildman–Crippen LogP) is 10.8. The Labute approximate surface area is 242 Å². The highest BCUT2D eigenvalue weighted by Gasteiger charge is 2.14.